The fourth-order valence-electron chi connectivity index (χ4n) is 6.13. The number of nitrogens with one attached hydrogen (secondary N) is 1. The number of ether oxygens (including phenoxy) is 5. The maximum Gasteiger partial charge on any atom is 0.272 e. The van der Waals surface area contributed by atoms with E-state index in [0.29, 0.717) is 5.56 Å². The molecule has 5 atom stereocenters. The number of anilines is 1. The molecule has 0 radical (unpaired) electrons. The molecule has 5 fully saturated rings. The Labute approximate surface area is 209 Å². The predicted molar refractivity (Wildman–Crippen MR) is 126 cm³/mol. The Hall–Kier alpha value is -2.12. The van der Waals surface area contributed by atoms with Crippen LogP contribution in [0.3, 0.4) is 0 Å². The van der Waals surface area contributed by atoms with E-state index in [1.807, 2.05) is 0 Å². The quantitative estimate of drug-likeness (QED) is 0.470. The molecule has 0 aromatic heterocycles. The van der Waals surface area contributed by atoms with Crippen molar-refractivity contribution in [2.24, 2.45) is 5.10 Å². The number of nitrogens with zero attached hydrogens (tertiary/aromatic N) is 2. The van der Waals surface area contributed by atoms with Crippen LogP contribution in [0.25, 0.3) is 0 Å². The number of hydrazone groups is 1. The molecule has 2 saturated carbocycles. The van der Waals surface area contributed by atoms with Crippen molar-refractivity contribution in [3.05, 3.63) is 35.0 Å². The van der Waals surface area contributed by atoms with Gasteiger partial charge in [-0.3, -0.25) is 10.0 Å². The van der Waals surface area contributed by atoms with Gasteiger partial charge in [0.2, 0.25) is 0 Å². The van der Waals surface area contributed by atoms with Gasteiger partial charge in [-0.15, -0.1) is 0 Å². The zero-order valence-electron chi connectivity index (χ0n) is 20.0. The van der Waals surface area contributed by atoms with Crippen LogP contribution < -0.4 is 10.7 Å². The van der Waals surface area contributed by atoms with E-state index in [2.05, 4.69) is 10.5 Å². The number of carbonyl (C=O) groups is 1. The van der Waals surface area contributed by atoms with Gasteiger partial charge < -0.3 is 34.1 Å². The minimum absolute atomic E-state index is 0.0547. The van der Waals surface area contributed by atoms with E-state index < -0.39 is 48.2 Å². The van der Waals surface area contributed by atoms with Gasteiger partial charge >= 0.3 is 0 Å². The first kappa shape index (κ1) is 24.2. The second kappa shape index (κ2) is 9.64. The summed E-state index contributed by atoms with van der Waals surface area (Å²) in [6.45, 7) is 0. The maximum absolute atomic E-state index is 13.3. The monoisotopic (exact) mass is 502 g/mol. The first-order valence-corrected chi connectivity index (χ1v) is 12.9. The molecule has 1 amide bonds. The minimum atomic E-state index is -0.988. The molecule has 3 heterocycles. The lowest BCUT2D eigenvalue weighted by Gasteiger charge is -2.36. The second-order valence-electron chi connectivity index (χ2n) is 10.3. The highest BCUT2D eigenvalue weighted by molar-refractivity contribution is 5.85. The summed E-state index contributed by atoms with van der Waals surface area (Å²) in [5, 5.41) is 24.0. The molecule has 1 aromatic rings. The van der Waals surface area contributed by atoms with Crippen LogP contribution in [-0.2, 0) is 28.5 Å². The van der Waals surface area contributed by atoms with E-state index in [4.69, 9.17) is 28.9 Å². The number of benzene rings is 1. The molecule has 0 bridgehead atoms. The molecule has 3 aliphatic heterocycles. The average Bonchev–Trinajstić information content (AvgIpc) is 3.42. The van der Waals surface area contributed by atoms with Crippen molar-refractivity contribution in [1.29, 1.82) is 0 Å². The molecular formula is C25H32N3O8-. The summed E-state index contributed by atoms with van der Waals surface area (Å²) in [6, 6.07) is 6.18. The van der Waals surface area contributed by atoms with Crippen molar-refractivity contribution >= 4 is 17.8 Å². The Kier molecular flexibility index (Phi) is 6.49. The normalized spacial score (nSPS) is 34.6. The average molecular weight is 503 g/mol. The molecule has 2 N–H and O–H groups in total. The molecule has 2 spiro atoms. The van der Waals surface area contributed by atoms with E-state index in [9.17, 15) is 10.0 Å². The van der Waals surface area contributed by atoms with Crippen molar-refractivity contribution < 1.29 is 33.7 Å². The summed E-state index contributed by atoms with van der Waals surface area (Å²) >= 11 is 0. The number of hydrogen-bond acceptors (Lipinski definition) is 10. The van der Waals surface area contributed by atoms with Crippen LogP contribution in [0.5, 0.6) is 0 Å². The lowest BCUT2D eigenvalue weighted by molar-refractivity contribution is -0.247. The van der Waals surface area contributed by atoms with Gasteiger partial charge in [0.15, 0.2) is 24.0 Å². The van der Waals surface area contributed by atoms with Gasteiger partial charge in [0.05, 0.1) is 11.9 Å². The van der Waals surface area contributed by atoms with E-state index in [1.165, 1.54) is 18.3 Å². The first-order valence-electron chi connectivity index (χ1n) is 12.9. The summed E-state index contributed by atoms with van der Waals surface area (Å²) in [7, 11) is 0. The lowest BCUT2D eigenvalue weighted by atomic mass is 9.94. The van der Waals surface area contributed by atoms with E-state index >= 15 is 0 Å². The summed E-state index contributed by atoms with van der Waals surface area (Å²) in [4.78, 5) is 13.3. The Balaban J connectivity index is 1.20. The summed E-state index contributed by atoms with van der Waals surface area (Å²) < 4.78 is 32.0. The zero-order chi connectivity index (χ0) is 24.8. The number of carbonyl (C=O) groups excluding carboxylic acids is 1. The van der Waals surface area contributed by atoms with Crippen LogP contribution in [0.15, 0.2) is 29.4 Å². The fraction of sp³-hybridized carbons (Fsp3) is 0.680. The Morgan fingerprint density at radius 1 is 0.972 bits per heavy atom. The van der Waals surface area contributed by atoms with Crippen molar-refractivity contribution in [2.75, 3.05) is 5.23 Å². The van der Waals surface area contributed by atoms with Crippen LogP contribution in [0.2, 0.25) is 0 Å². The van der Waals surface area contributed by atoms with E-state index in [-0.39, 0.29) is 10.9 Å². The van der Waals surface area contributed by atoms with Gasteiger partial charge in [-0.25, -0.2) is 5.43 Å². The third-order valence-corrected chi connectivity index (χ3v) is 7.85. The summed E-state index contributed by atoms with van der Waals surface area (Å²) in [5.74, 6) is -1.90. The molecule has 3 saturated heterocycles. The predicted octanol–water partition coefficient (Wildman–Crippen LogP) is 3.08. The third-order valence-electron chi connectivity index (χ3n) is 7.85. The van der Waals surface area contributed by atoms with Crippen LogP contribution >= 0.6 is 0 Å². The van der Waals surface area contributed by atoms with Gasteiger partial charge in [-0.2, -0.15) is 5.10 Å². The molecule has 36 heavy (non-hydrogen) atoms. The van der Waals surface area contributed by atoms with Crippen molar-refractivity contribution in [3.63, 3.8) is 0 Å². The second-order valence-corrected chi connectivity index (χ2v) is 10.3. The first-order chi connectivity index (χ1) is 17.5. The Morgan fingerprint density at radius 3 is 2.31 bits per heavy atom. The highest BCUT2D eigenvalue weighted by atomic mass is 16.9. The topological polar surface area (TPSA) is 134 Å². The molecule has 1 aromatic carbocycles. The Bertz CT molecular complexity index is 991. The standard InChI is InChI=1S/C25H32N3O8/c29-22(27-26-15-16-8-7-9-17(14-16)28(30)31)20-18-19(34-24(33-18)10-3-1-4-11-24)21-23(32-20)36-25(35-21)12-5-2-6-13-25/h7-9,14-15,18-21,23,30H,1-6,10-13H2,(H,27,29)/q-1. The van der Waals surface area contributed by atoms with Crippen LogP contribution in [-0.4, -0.2) is 59.6 Å². The largest absolute Gasteiger partial charge is 0.733 e. The van der Waals surface area contributed by atoms with Crippen molar-refractivity contribution in [2.45, 2.75) is 106 Å². The fourth-order valence-corrected chi connectivity index (χ4v) is 6.13. The number of hydrogen-bond donors (Lipinski definition) is 2. The number of fused-ring (bicyclic) bond motifs is 3. The molecule has 5 unspecified atom stereocenters. The number of amides is 1. The molecule has 196 valence electrons. The molecule has 6 rings (SSSR count). The number of rotatable bonds is 4. The van der Waals surface area contributed by atoms with Crippen molar-refractivity contribution in [1.82, 2.24) is 5.43 Å². The molecular weight excluding hydrogens is 470 g/mol. The summed E-state index contributed by atoms with van der Waals surface area (Å²) in [5.41, 5.74) is 3.10. The molecule has 5 aliphatic rings. The molecule has 11 heteroatoms. The van der Waals surface area contributed by atoms with Gasteiger partial charge in [0, 0.05) is 25.7 Å². The van der Waals surface area contributed by atoms with Gasteiger partial charge in [0.1, 0.15) is 18.3 Å². The van der Waals surface area contributed by atoms with Crippen LogP contribution in [0, 0.1) is 5.21 Å². The van der Waals surface area contributed by atoms with Crippen LogP contribution in [0.4, 0.5) is 5.69 Å². The smallest absolute Gasteiger partial charge is 0.272 e. The lowest BCUT2D eigenvalue weighted by Crippen LogP contribution is -2.59. The molecule has 2 aliphatic carbocycles. The highest BCUT2D eigenvalue weighted by Crippen LogP contribution is 2.50. The molecule has 11 nitrogen and oxygen atoms in total. The SMILES string of the molecule is O=C(NN=Cc1cccc(N([O-])O)c1)C1OC2OC3(CCCCC3)OC2C2OC3(CCCCC3)OC12. The Morgan fingerprint density at radius 2 is 1.61 bits per heavy atom. The third kappa shape index (κ3) is 4.53. The maximum atomic E-state index is 13.3. The van der Waals surface area contributed by atoms with Gasteiger partial charge in [-0.05, 0) is 43.4 Å². The summed E-state index contributed by atoms with van der Waals surface area (Å²) in [6.07, 6.45) is 7.55. The highest BCUT2D eigenvalue weighted by Gasteiger charge is 2.65. The van der Waals surface area contributed by atoms with E-state index in [0.717, 1.165) is 64.2 Å². The van der Waals surface area contributed by atoms with Crippen molar-refractivity contribution in [3.8, 4) is 0 Å². The van der Waals surface area contributed by atoms with Gasteiger partial charge in [-0.1, -0.05) is 25.0 Å². The van der Waals surface area contributed by atoms with E-state index in [1.54, 1.807) is 12.1 Å². The van der Waals surface area contributed by atoms with Crippen LogP contribution in [0.1, 0.15) is 69.8 Å². The van der Waals surface area contributed by atoms with Gasteiger partial charge in [0.25, 0.3) is 5.91 Å². The minimum Gasteiger partial charge on any atom is -0.733 e. The zero-order valence-corrected chi connectivity index (χ0v) is 20.0.